The van der Waals surface area contributed by atoms with Crippen LogP contribution in [-0.2, 0) is 0 Å². The number of hydrogen-bond acceptors (Lipinski definition) is 6. The number of urea groups is 1. The van der Waals surface area contributed by atoms with E-state index in [4.69, 9.17) is 4.74 Å². The summed E-state index contributed by atoms with van der Waals surface area (Å²) in [6.07, 6.45) is 2.59. The summed E-state index contributed by atoms with van der Waals surface area (Å²) in [7, 11) is 1.70. The predicted molar refractivity (Wildman–Crippen MR) is 165 cm³/mol. The highest BCUT2D eigenvalue weighted by molar-refractivity contribution is 6.05. The Balaban J connectivity index is 1.38. The van der Waals surface area contributed by atoms with Crippen LogP contribution >= 0.6 is 0 Å². The largest absolute Gasteiger partial charge is 0.487 e. The van der Waals surface area contributed by atoms with Gasteiger partial charge in [0.05, 0.1) is 30.4 Å². The molecule has 3 aromatic carbocycles. The zero-order valence-electron chi connectivity index (χ0n) is 24.4. The summed E-state index contributed by atoms with van der Waals surface area (Å²) in [5, 5.41) is 17.7. The second kappa shape index (κ2) is 12.9. The Kier molecular flexibility index (Phi) is 8.87. The van der Waals surface area contributed by atoms with Crippen molar-refractivity contribution in [1.82, 2.24) is 14.8 Å². The molecule has 5 rings (SSSR count). The van der Waals surface area contributed by atoms with Crippen molar-refractivity contribution in [2.75, 3.05) is 37.4 Å². The van der Waals surface area contributed by atoms with Crippen molar-refractivity contribution >= 4 is 40.0 Å². The number of benzene rings is 3. The third kappa shape index (κ3) is 6.60. The van der Waals surface area contributed by atoms with E-state index in [9.17, 15) is 19.5 Å². The first kappa shape index (κ1) is 29.5. The van der Waals surface area contributed by atoms with Gasteiger partial charge in [-0.15, -0.1) is 0 Å². The van der Waals surface area contributed by atoms with Crippen molar-refractivity contribution in [3.63, 3.8) is 0 Å². The normalized spacial score (nSPS) is 17.2. The van der Waals surface area contributed by atoms with E-state index in [-0.39, 0.29) is 42.5 Å². The Labute approximate surface area is 250 Å². The number of anilines is 2. The molecule has 4 aromatic rings. The zero-order chi connectivity index (χ0) is 30.5. The van der Waals surface area contributed by atoms with Crippen molar-refractivity contribution in [3.8, 4) is 5.75 Å². The lowest BCUT2D eigenvalue weighted by Crippen LogP contribution is -2.50. The Morgan fingerprint density at radius 3 is 2.58 bits per heavy atom. The van der Waals surface area contributed by atoms with E-state index in [0.29, 0.717) is 29.2 Å². The number of amides is 4. The predicted octanol–water partition coefficient (Wildman–Crippen LogP) is 4.87. The van der Waals surface area contributed by atoms with E-state index in [0.717, 1.165) is 10.8 Å². The molecule has 0 aliphatic carbocycles. The Morgan fingerprint density at radius 2 is 1.81 bits per heavy atom. The molecule has 4 amide bonds. The number of carbonyl (C=O) groups is 3. The summed E-state index contributed by atoms with van der Waals surface area (Å²) < 4.78 is 6.41. The fraction of sp³-hybridized carbons (Fsp3) is 0.273. The standard InChI is InChI=1S/C33H35N5O5/c1-21-18-38(22(2)20-39)32(41)27-17-25(35-31(40)24-13-15-34-16-14-24)11-12-29(27)43-30(21)19-37(3)33(42)36-28-10-6-8-23-7-4-5-9-26(23)28/h4-17,21-22,30,39H,18-20H2,1-3H3,(H,35,40)(H,36,42)/t21-,22-,30-/m0/s1. The molecular weight excluding hydrogens is 546 g/mol. The second-order valence-corrected chi connectivity index (χ2v) is 10.9. The number of nitrogens with zero attached hydrogens (tertiary/aromatic N) is 3. The van der Waals surface area contributed by atoms with E-state index in [1.54, 1.807) is 54.1 Å². The van der Waals surface area contributed by atoms with Crippen molar-refractivity contribution < 1.29 is 24.2 Å². The minimum Gasteiger partial charge on any atom is -0.487 e. The molecule has 3 atom stereocenters. The van der Waals surface area contributed by atoms with E-state index in [1.807, 2.05) is 49.4 Å². The van der Waals surface area contributed by atoms with Gasteiger partial charge in [0, 0.05) is 48.5 Å². The maximum atomic E-state index is 13.7. The first-order chi connectivity index (χ1) is 20.7. The smallest absolute Gasteiger partial charge is 0.321 e. The summed E-state index contributed by atoms with van der Waals surface area (Å²) in [6.45, 7) is 4.07. The van der Waals surface area contributed by atoms with Crippen LogP contribution in [0.15, 0.2) is 85.2 Å². The Morgan fingerprint density at radius 1 is 1.07 bits per heavy atom. The molecule has 0 fully saturated rings. The minimum atomic E-state index is -0.472. The summed E-state index contributed by atoms with van der Waals surface area (Å²) in [6, 6.07) is 20.9. The number of nitrogens with one attached hydrogen (secondary N) is 2. The van der Waals surface area contributed by atoms with Gasteiger partial charge in [0.2, 0.25) is 0 Å². The number of aliphatic hydroxyl groups excluding tert-OH is 1. The Hall–Kier alpha value is -4.96. The van der Waals surface area contributed by atoms with E-state index >= 15 is 0 Å². The molecule has 0 bridgehead atoms. The van der Waals surface area contributed by atoms with Crippen LogP contribution in [0.5, 0.6) is 5.75 Å². The average molecular weight is 582 g/mol. The van der Waals surface area contributed by atoms with Crippen LogP contribution in [0.3, 0.4) is 0 Å². The van der Waals surface area contributed by atoms with Crippen LogP contribution in [-0.4, -0.2) is 76.6 Å². The van der Waals surface area contributed by atoms with Crippen LogP contribution in [0.2, 0.25) is 0 Å². The van der Waals surface area contributed by atoms with Gasteiger partial charge in [0.15, 0.2) is 0 Å². The van der Waals surface area contributed by atoms with Gasteiger partial charge in [0.1, 0.15) is 11.9 Å². The molecule has 0 saturated carbocycles. The SMILES string of the molecule is C[C@H]1CN([C@@H](C)CO)C(=O)c2cc(NC(=O)c3ccncc3)ccc2O[C@H]1CN(C)C(=O)Nc1cccc2ccccc12. The van der Waals surface area contributed by atoms with Gasteiger partial charge >= 0.3 is 6.03 Å². The van der Waals surface area contributed by atoms with Crippen molar-refractivity contribution in [2.24, 2.45) is 5.92 Å². The first-order valence-corrected chi connectivity index (χ1v) is 14.2. The van der Waals surface area contributed by atoms with Gasteiger partial charge in [-0.25, -0.2) is 4.79 Å². The third-order valence-corrected chi connectivity index (χ3v) is 7.70. The van der Waals surface area contributed by atoms with Crippen LogP contribution in [0, 0.1) is 5.92 Å². The number of hydrogen-bond donors (Lipinski definition) is 3. The van der Waals surface area contributed by atoms with Crippen LogP contribution in [0.25, 0.3) is 10.8 Å². The van der Waals surface area contributed by atoms with E-state index in [1.165, 1.54) is 12.4 Å². The fourth-order valence-electron chi connectivity index (χ4n) is 5.12. The number of rotatable bonds is 7. The molecule has 10 heteroatoms. The highest BCUT2D eigenvalue weighted by atomic mass is 16.5. The number of aromatic nitrogens is 1. The van der Waals surface area contributed by atoms with Gasteiger partial charge in [-0.05, 0) is 48.7 Å². The van der Waals surface area contributed by atoms with Gasteiger partial charge in [-0.3, -0.25) is 14.6 Å². The lowest BCUT2D eigenvalue weighted by atomic mass is 9.99. The quantitative estimate of drug-likeness (QED) is 0.286. The second-order valence-electron chi connectivity index (χ2n) is 10.9. The number of ether oxygens (including phenoxy) is 1. The van der Waals surface area contributed by atoms with Crippen LogP contribution < -0.4 is 15.4 Å². The van der Waals surface area contributed by atoms with Crippen molar-refractivity contribution in [1.29, 1.82) is 0 Å². The molecule has 0 spiro atoms. The maximum absolute atomic E-state index is 13.7. The molecule has 1 aliphatic heterocycles. The number of pyridine rings is 1. The molecule has 10 nitrogen and oxygen atoms in total. The van der Waals surface area contributed by atoms with Gasteiger partial charge in [-0.2, -0.15) is 0 Å². The maximum Gasteiger partial charge on any atom is 0.321 e. The molecule has 0 saturated heterocycles. The molecule has 3 N–H and O–H groups in total. The lowest BCUT2D eigenvalue weighted by molar-refractivity contribution is 0.0371. The molecule has 2 heterocycles. The number of likely N-dealkylation sites (N-methyl/N-ethyl adjacent to an activating group) is 1. The first-order valence-electron chi connectivity index (χ1n) is 14.2. The van der Waals surface area contributed by atoms with E-state index < -0.39 is 12.1 Å². The zero-order valence-corrected chi connectivity index (χ0v) is 24.4. The fourth-order valence-corrected chi connectivity index (χ4v) is 5.12. The molecule has 0 radical (unpaired) electrons. The van der Waals surface area contributed by atoms with Crippen LogP contribution in [0.4, 0.5) is 16.2 Å². The monoisotopic (exact) mass is 581 g/mol. The minimum absolute atomic E-state index is 0.176. The van der Waals surface area contributed by atoms with Crippen molar-refractivity contribution in [2.45, 2.75) is 26.0 Å². The molecule has 0 unspecified atom stereocenters. The molecular formula is C33H35N5O5. The summed E-state index contributed by atoms with van der Waals surface area (Å²) in [5.74, 6) is -0.497. The van der Waals surface area contributed by atoms with Gasteiger partial charge < -0.3 is 30.3 Å². The number of aliphatic hydroxyl groups is 1. The third-order valence-electron chi connectivity index (χ3n) is 7.70. The van der Waals surface area contributed by atoms with Gasteiger partial charge in [-0.1, -0.05) is 43.3 Å². The van der Waals surface area contributed by atoms with Gasteiger partial charge in [0.25, 0.3) is 11.8 Å². The molecule has 1 aliphatic rings. The van der Waals surface area contributed by atoms with Crippen LogP contribution in [0.1, 0.15) is 34.6 Å². The Bertz CT molecular complexity index is 1620. The number of carbonyl (C=O) groups excluding carboxylic acids is 3. The molecule has 222 valence electrons. The number of fused-ring (bicyclic) bond motifs is 2. The van der Waals surface area contributed by atoms with Crippen molar-refractivity contribution in [3.05, 3.63) is 96.3 Å². The lowest BCUT2D eigenvalue weighted by Gasteiger charge is -2.38. The summed E-state index contributed by atoms with van der Waals surface area (Å²) in [5.41, 5.74) is 1.82. The average Bonchev–Trinajstić information content (AvgIpc) is 3.03. The highest BCUT2D eigenvalue weighted by Crippen LogP contribution is 2.31. The topological polar surface area (TPSA) is 124 Å². The van der Waals surface area contributed by atoms with E-state index in [2.05, 4.69) is 15.6 Å². The summed E-state index contributed by atoms with van der Waals surface area (Å²) in [4.78, 5) is 46.9. The highest BCUT2D eigenvalue weighted by Gasteiger charge is 2.34. The summed E-state index contributed by atoms with van der Waals surface area (Å²) >= 11 is 0. The molecule has 43 heavy (non-hydrogen) atoms. The molecule has 1 aromatic heterocycles.